The highest BCUT2D eigenvalue weighted by Gasteiger charge is 2.05. The number of hydrogen-bond donors (Lipinski definition) is 3. The van der Waals surface area contributed by atoms with Crippen molar-refractivity contribution in [3.63, 3.8) is 0 Å². The first-order chi connectivity index (χ1) is 9.19. The molecule has 0 bridgehead atoms. The zero-order chi connectivity index (χ0) is 13.7. The molecule has 1 amide bonds. The van der Waals surface area contributed by atoms with Crippen molar-refractivity contribution >= 4 is 11.6 Å². The smallest absolute Gasteiger partial charge is 0.257 e. The first kappa shape index (κ1) is 13.0. The molecule has 0 saturated heterocycles. The normalized spacial score (nSPS) is 10.2. The summed E-state index contributed by atoms with van der Waals surface area (Å²) in [5, 5.41) is 2.75. The van der Waals surface area contributed by atoms with Crippen LogP contribution in [0.15, 0.2) is 47.4 Å². The Bertz CT molecular complexity index is 597. The van der Waals surface area contributed by atoms with Crippen LogP contribution in [-0.2, 0) is 6.42 Å². The lowest BCUT2D eigenvalue weighted by Gasteiger charge is -2.06. The van der Waals surface area contributed by atoms with E-state index in [1.165, 1.54) is 18.3 Å². The van der Waals surface area contributed by atoms with Gasteiger partial charge in [0.15, 0.2) is 0 Å². The van der Waals surface area contributed by atoms with Crippen LogP contribution in [0.2, 0.25) is 0 Å². The third-order valence-corrected chi connectivity index (χ3v) is 2.69. The van der Waals surface area contributed by atoms with Gasteiger partial charge < -0.3 is 16.0 Å². The highest BCUT2D eigenvalue weighted by molar-refractivity contribution is 6.03. The molecule has 2 aromatic rings. The van der Waals surface area contributed by atoms with Gasteiger partial charge in [-0.25, -0.2) is 0 Å². The van der Waals surface area contributed by atoms with Crippen LogP contribution in [0.5, 0.6) is 0 Å². The summed E-state index contributed by atoms with van der Waals surface area (Å²) in [6.07, 6.45) is 2.20. The van der Waals surface area contributed by atoms with E-state index >= 15 is 0 Å². The van der Waals surface area contributed by atoms with Gasteiger partial charge >= 0.3 is 0 Å². The summed E-state index contributed by atoms with van der Waals surface area (Å²) >= 11 is 0. The number of hydrogen-bond acceptors (Lipinski definition) is 3. The molecule has 0 aliphatic rings. The van der Waals surface area contributed by atoms with Crippen molar-refractivity contribution in [2.45, 2.75) is 6.42 Å². The maximum Gasteiger partial charge on any atom is 0.257 e. The predicted molar refractivity (Wildman–Crippen MR) is 74.2 cm³/mol. The van der Waals surface area contributed by atoms with E-state index in [0.29, 0.717) is 17.8 Å². The van der Waals surface area contributed by atoms with Crippen LogP contribution in [0.3, 0.4) is 0 Å². The molecule has 4 N–H and O–H groups in total. The van der Waals surface area contributed by atoms with Gasteiger partial charge in [-0.1, -0.05) is 12.1 Å². The van der Waals surface area contributed by atoms with E-state index in [0.717, 1.165) is 12.0 Å². The fourth-order valence-electron chi connectivity index (χ4n) is 1.68. The van der Waals surface area contributed by atoms with Gasteiger partial charge in [0.05, 0.1) is 5.56 Å². The Morgan fingerprint density at radius 3 is 2.47 bits per heavy atom. The maximum atomic E-state index is 11.9. The van der Waals surface area contributed by atoms with Gasteiger partial charge in [0, 0.05) is 18.0 Å². The minimum atomic E-state index is -0.261. The third-order valence-electron chi connectivity index (χ3n) is 2.69. The highest BCUT2D eigenvalue weighted by Crippen LogP contribution is 2.11. The van der Waals surface area contributed by atoms with E-state index in [9.17, 15) is 9.59 Å². The largest absolute Gasteiger partial charge is 0.330 e. The molecule has 98 valence electrons. The van der Waals surface area contributed by atoms with Gasteiger partial charge in [-0.15, -0.1) is 0 Å². The Hall–Kier alpha value is -2.40. The second-order valence-corrected chi connectivity index (χ2v) is 4.13. The van der Waals surface area contributed by atoms with Gasteiger partial charge in [0.2, 0.25) is 5.56 Å². The summed E-state index contributed by atoms with van der Waals surface area (Å²) in [6, 6.07) is 10.3. The minimum absolute atomic E-state index is 0.234. The number of anilines is 1. The van der Waals surface area contributed by atoms with Crippen molar-refractivity contribution in [2.75, 3.05) is 11.9 Å². The zero-order valence-electron chi connectivity index (χ0n) is 10.3. The SMILES string of the molecule is NCCc1ccc(NC(=O)c2ccc(=O)[nH]c2)cc1. The molecule has 5 heteroatoms. The molecule has 0 atom stereocenters. The fourth-order valence-corrected chi connectivity index (χ4v) is 1.68. The van der Waals surface area contributed by atoms with Gasteiger partial charge in [-0.05, 0) is 36.7 Å². The van der Waals surface area contributed by atoms with E-state index in [1.54, 1.807) is 0 Å². The number of aromatic nitrogens is 1. The molecule has 1 aromatic carbocycles. The summed E-state index contributed by atoms with van der Waals surface area (Å²) < 4.78 is 0. The predicted octanol–water partition coefficient (Wildman–Crippen LogP) is 1.13. The quantitative estimate of drug-likeness (QED) is 0.767. The fraction of sp³-hybridized carbons (Fsp3) is 0.143. The Labute approximate surface area is 110 Å². The number of pyridine rings is 1. The number of carbonyl (C=O) groups excluding carboxylic acids is 1. The number of nitrogens with two attached hydrogens (primary N) is 1. The number of H-pyrrole nitrogens is 1. The molecule has 19 heavy (non-hydrogen) atoms. The lowest BCUT2D eigenvalue weighted by molar-refractivity contribution is 0.102. The molecule has 0 aliphatic carbocycles. The molecule has 0 aliphatic heterocycles. The summed E-state index contributed by atoms with van der Waals surface area (Å²) in [5.41, 5.74) is 7.48. The second-order valence-electron chi connectivity index (χ2n) is 4.13. The van der Waals surface area contributed by atoms with E-state index in [1.807, 2.05) is 24.3 Å². The Kier molecular flexibility index (Phi) is 4.10. The van der Waals surface area contributed by atoms with Crippen LogP contribution >= 0.6 is 0 Å². The molecule has 5 nitrogen and oxygen atoms in total. The van der Waals surface area contributed by atoms with Crippen LogP contribution in [-0.4, -0.2) is 17.4 Å². The van der Waals surface area contributed by atoms with E-state index < -0.39 is 0 Å². The molecule has 0 spiro atoms. The Balaban J connectivity index is 2.06. The number of amides is 1. The number of nitrogens with one attached hydrogen (secondary N) is 2. The summed E-state index contributed by atoms with van der Waals surface area (Å²) in [7, 11) is 0. The Morgan fingerprint density at radius 1 is 1.16 bits per heavy atom. The van der Waals surface area contributed by atoms with E-state index in [4.69, 9.17) is 5.73 Å². The van der Waals surface area contributed by atoms with Crippen LogP contribution < -0.4 is 16.6 Å². The first-order valence-electron chi connectivity index (χ1n) is 5.98. The zero-order valence-corrected chi connectivity index (χ0v) is 10.3. The molecule has 1 aromatic heterocycles. The van der Waals surface area contributed by atoms with E-state index in [2.05, 4.69) is 10.3 Å². The van der Waals surface area contributed by atoms with Crippen molar-refractivity contribution in [3.05, 3.63) is 64.1 Å². The number of benzene rings is 1. The topological polar surface area (TPSA) is 88.0 Å². The summed E-state index contributed by atoms with van der Waals surface area (Å²) in [4.78, 5) is 25.2. The van der Waals surface area contributed by atoms with Crippen molar-refractivity contribution in [1.29, 1.82) is 0 Å². The van der Waals surface area contributed by atoms with Crippen molar-refractivity contribution in [3.8, 4) is 0 Å². The van der Waals surface area contributed by atoms with Crippen LogP contribution in [0.4, 0.5) is 5.69 Å². The average Bonchev–Trinajstić information content (AvgIpc) is 2.42. The van der Waals surface area contributed by atoms with Gasteiger partial charge in [-0.3, -0.25) is 9.59 Å². The van der Waals surface area contributed by atoms with Crippen molar-refractivity contribution in [1.82, 2.24) is 4.98 Å². The van der Waals surface area contributed by atoms with Crippen LogP contribution in [0.1, 0.15) is 15.9 Å². The van der Waals surface area contributed by atoms with Crippen LogP contribution in [0.25, 0.3) is 0 Å². The lowest BCUT2D eigenvalue weighted by Crippen LogP contribution is -2.14. The van der Waals surface area contributed by atoms with Crippen molar-refractivity contribution in [2.24, 2.45) is 5.73 Å². The standard InChI is InChI=1S/C14H15N3O2/c15-8-7-10-1-4-12(5-2-10)17-14(19)11-3-6-13(18)16-9-11/h1-6,9H,7-8,15H2,(H,16,18)(H,17,19). The van der Waals surface area contributed by atoms with E-state index in [-0.39, 0.29) is 11.5 Å². The molecule has 0 unspecified atom stereocenters. The molecular formula is C14H15N3O2. The van der Waals surface area contributed by atoms with Gasteiger partial charge in [-0.2, -0.15) is 0 Å². The minimum Gasteiger partial charge on any atom is -0.330 e. The number of aromatic amines is 1. The Morgan fingerprint density at radius 2 is 1.89 bits per heavy atom. The maximum absolute atomic E-state index is 11.9. The molecule has 0 fully saturated rings. The highest BCUT2D eigenvalue weighted by atomic mass is 16.1. The summed E-state index contributed by atoms with van der Waals surface area (Å²) in [5.74, 6) is -0.261. The first-order valence-corrected chi connectivity index (χ1v) is 5.98. The molecule has 0 radical (unpaired) electrons. The summed E-state index contributed by atoms with van der Waals surface area (Å²) in [6.45, 7) is 0.600. The number of rotatable bonds is 4. The van der Waals surface area contributed by atoms with Gasteiger partial charge in [0.25, 0.3) is 5.91 Å². The molecule has 1 heterocycles. The average molecular weight is 257 g/mol. The van der Waals surface area contributed by atoms with Crippen LogP contribution in [0, 0.1) is 0 Å². The molecule has 0 saturated carbocycles. The molecular weight excluding hydrogens is 242 g/mol. The second kappa shape index (κ2) is 5.97. The third kappa shape index (κ3) is 3.53. The lowest BCUT2D eigenvalue weighted by atomic mass is 10.1. The number of carbonyl (C=O) groups is 1. The van der Waals surface area contributed by atoms with Gasteiger partial charge in [0.1, 0.15) is 0 Å². The monoisotopic (exact) mass is 257 g/mol. The van der Waals surface area contributed by atoms with Crippen molar-refractivity contribution < 1.29 is 4.79 Å². The molecule has 2 rings (SSSR count).